The summed E-state index contributed by atoms with van der Waals surface area (Å²) in [5.74, 6) is 3.92. The maximum absolute atomic E-state index is 2.32. The molecule has 0 N–H and O–H groups in total. The summed E-state index contributed by atoms with van der Waals surface area (Å²) in [5, 5.41) is 0. The second-order valence-corrected chi connectivity index (χ2v) is 8.78. The molecule has 0 aromatic rings. The second kappa shape index (κ2) is 4.43. The number of hydrogen-bond donors (Lipinski definition) is 0. The molecular weight excluding hydrogens is 200 g/mol. The molecule has 0 amide bonds. The summed E-state index contributed by atoms with van der Waals surface area (Å²) < 4.78 is 0.475. The van der Waals surface area contributed by atoms with Gasteiger partial charge in [-0.1, -0.05) is 21.6 Å². The monoisotopic (exact) mass is 212 g/mol. The van der Waals surface area contributed by atoms with Crippen LogP contribution in [0.2, 0.25) is 0 Å². The van der Waals surface area contributed by atoms with Crippen LogP contribution in [-0.2, 0) is 0 Å². The van der Waals surface area contributed by atoms with Gasteiger partial charge in [-0.05, 0) is 23.7 Å². The molecule has 4 heteroatoms. The van der Waals surface area contributed by atoms with Crippen molar-refractivity contribution < 1.29 is 0 Å². The van der Waals surface area contributed by atoms with Gasteiger partial charge in [-0.2, -0.15) is 11.8 Å². The summed E-state index contributed by atoms with van der Waals surface area (Å²) in [4.78, 5) is 0. The lowest BCUT2D eigenvalue weighted by Gasteiger charge is -2.24. The predicted octanol–water partition coefficient (Wildman–Crippen LogP) is 3.54. The van der Waals surface area contributed by atoms with E-state index in [1.54, 1.807) is 0 Å². The minimum absolute atomic E-state index is 0.475. The molecule has 0 saturated carbocycles. The van der Waals surface area contributed by atoms with E-state index in [9.17, 15) is 0 Å². The van der Waals surface area contributed by atoms with Gasteiger partial charge in [-0.25, -0.2) is 0 Å². The van der Waals surface area contributed by atoms with Crippen molar-refractivity contribution in [3.63, 3.8) is 0 Å². The van der Waals surface area contributed by atoms with E-state index in [1.165, 1.54) is 17.3 Å². The highest BCUT2D eigenvalue weighted by Crippen LogP contribution is 2.46. The smallest absolute Gasteiger partial charge is 0.0305 e. The molecule has 0 aromatic carbocycles. The van der Waals surface area contributed by atoms with Gasteiger partial charge in [0.2, 0.25) is 0 Å². The first-order chi connectivity index (χ1) is 4.71. The van der Waals surface area contributed by atoms with Crippen LogP contribution in [0.25, 0.3) is 0 Å². The molecule has 0 spiro atoms. The molecule has 1 rings (SSSR count). The third kappa shape index (κ3) is 3.69. The number of hydrogen-bond acceptors (Lipinski definition) is 4. The Morgan fingerprint density at radius 2 is 2.00 bits per heavy atom. The molecule has 10 heavy (non-hydrogen) atoms. The van der Waals surface area contributed by atoms with Crippen LogP contribution < -0.4 is 0 Å². The Bertz CT molecular complexity index is 91.9. The third-order valence-electron chi connectivity index (χ3n) is 1.07. The largest absolute Gasteiger partial charge is 0.160 e. The van der Waals surface area contributed by atoms with E-state index in [2.05, 4.69) is 25.6 Å². The van der Waals surface area contributed by atoms with Gasteiger partial charge in [0.05, 0.1) is 0 Å². The highest BCUT2D eigenvalue weighted by Gasteiger charge is 2.20. The maximum atomic E-state index is 2.32. The highest BCUT2D eigenvalue weighted by molar-refractivity contribution is 9.09. The molecule has 60 valence electrons. The number of thioether (sulfide) groups is 1. The fourth-order valence-corrected chi connectivity index (χ4v) is 7.36. The fraction of sp³-hybridized carbons (Fsp3) is 1.00. The van der Waals surface area contributed by atoms with Crippen molar-refractivity contribution in [1.29, 1.82) is 0 Å². The van der Waals surface area contributed by atoms with Crippen molar-refractivity contribution in [3.8, 4) is 0 Å². The van der Waals surface area contributed by atoms with E-state index in [4.69, 9.17) is 0 Å². The quantitative estimate of drug-likeness (QED) is 0.563. The Morgan fingerprint density at radius 1 is 1.20 bits per heavy atom. The van der Waals surface area contributed by atoms with Crippen LogP contribution in [0.5, 0.6) is 0 Å². The first kappa shape index (κ1) is 9.49. The summed E-state index contributed by atoms with van der Waals surface area (Å²) in [7, 11) is 5.96. The molecule has 1 saturated heterocycles. The average molecular weight is 212 g/mol. The molecule has 0 nitrogen and oxygen atoms in total. The Balaban J connectivity index is 2.30. The lowest BCUT2D eigenvalue weighted by Crippen LogP contribution is -2.17. The Morgan fingerprint density at radius 3 is 2.80 bits per heavy atom. The van der Waals surface area contributed by atoms with E-state index < -0.39 is 0 Å². The minimum atomic E-state index is 0.475. The predicted molar refractivity (Wildman–Crippen MR) is 59.0 cm³/mol. The summed E-state index contributed by atoms with van der Waals surface area (Å²) in [6.07, 6.45) is 0. The van der Waals surface area contributed by atoms with Gasteiger partial charge >= 0.3 is 0 Å². The maximum Gasteiger partial charge on any atom is 0.0305 e. The van der Waals surface area contributed by atoms with E-state index in [0.717, 1.165) is 0 Å². The topological polar surface area (TPSA) is 0 Å². The Kier molecular flexibility index (Phi) is 4.20. The van der Waals surface area contributed by atoms with Crippen LogP contribution in [0.3, 0.4) is 0 Å². The number of rotatable bonds is 0. The van der Waals surface area contributed by atoms with Crippen LogP contribution in [0.4, 0.5) is 0 Å². The molecule has 1 aliphatic heterocycles. The summed E-state index contributed by atoms with van der Waals surface area (Å²) in [5.41, 5.74) is 0. The van der Waals surface area contributed by atoms with Crippen molar-refractivity contribution in [2.75, 3.05) is 17.3 Å². The van der Waals surface area contributed by atoms with Gasteiger partial charge in [0.15, 0.2) is 0 Å². The summed E-state index contributed by atoms with van der Waals surface area (Å²) >= 11 is 2.08. The second-order valence-electron chi connectivity index (χ2n) is 2.79. The van der Waals surface area contributed by atoms with Gasteiger partial charge in [0, 0.05) is 22.0 Å². The van der Waals surface area contributed by atoms with Gasteiger partial charge in [-0.15, -0.1) is 0 Å². The van der Waals surface area contributed by atoms with Crippen LogP contribution in [0.1, 0.15) is 13.8 Å². The van der Waals surface area contributed by atoms with Gasteiger partial charge < -0.3 is 0 Å². The van der Waals surface area contributed by atoms with Gasteiger partial charge in [0.25, 0.3) is 0 Å². The zero-order valence-electron chi connectivity index (χ0n) is 6.25. The highest BCUT2D eigenvalue weighted by atomic mass is 33.5. The first-order valence-corrected chi connectivity index (χ1v) is 8.06. The first-order valence-electron chi connectivity index (χ1n) is 3.26. The minimum Gasteiger partial charge on any atom is -0.160 e. The lowest BCUT2D eigenvalue weighted by atomic mass is 10.2. The molecule has 0 unspecified atom stereocenters. The van der Waals surface area contributed by atoms with Crippen molar-refractivity contribution in [2.45, 2.75) is 18.6 Å². The molecule has 1 aliphatic rings. The SMILES string of the molecule is CC1(C)CSCCSSS1. The van der Waals surface area contributed by atoms with Gasteiger partial charge in [-0.3, -0.25) is 0 Å². The van der Waals surface area contributed by atoms with E-state index in [0.29, 0.717) is 4.75 Å². The zero-order chi connectivity index (χ0) is 7.45. The van der Waals surface area contributed by atoms with E-state index in [-0.39, 0.29) is 0 Å². The van der Waals surface area contributed by atoms with Crippen LogP contribution in [0, 0.1) is 0 Å². The standard InChI is InChI=1S/C6H12S4/c1-6(2)5-7-3-4-8-10-9-6/h3-5H2,1-2H3. The summed E-state index contributed by atoms with van der Waals surface area (Å²) in [6.45, 7) is 4.65. The van der Waals surface area contributed by atoms with Crippen molar-refractivity contribution in [2.24, 2.45) is 0 Å². The van der Waals surface area contributed by atoms with Gasteiger partial charge in [0.1, 0.15) is 0 Å². The molecule has 0 aromatic heterocycles. The van der Waals surface area contributed by atoms with Crippen LogP contribution in [-0.4, -0.2) is 22.0 Å². The Hall–Kier alpha value is 1.40. The molecule has 0 radical (unpaired) electrons. The summed E-state index contributed by atoms with van der Waals surface area (Å²) in [6, 6.07) is 0. The van der Waals surface area contributed by atoms with Crippen LogP contribution >= 0.6 is 43.2 Å². The molecule has 0 atom stereocenters. The molecule has 1 heterocycles. The van der Waals surface area contributed by atoms with E-state index in [1.807, 2.05) is 31.4 Å². The average Bonchev–Trinajstić information content (AvgIpc) is 1.81. The molecule has 0 aliphatic carbocycles. The zero-order valence-corrected chi connectivity index (χ0v) is 9.52. The van der Waals surface area contributed by atoms with Crippen molar-refractivity contribution >= 4 is 43.2 Å². The molecule has 0 bridgehead atoms. The third-order valence-corrected chi connectivity index (χ3v) is 7.88. The molecular formula is C6H12S4. The van der Waals surface area contributed by atoms with Crippen molar-refractivity contribution in [3.05, 3.63) is 0 Å². The Labute approximate surface area is 78.9 Å². The molecule has 1 fully saturated rings. The van der Waals surface area contributed by atoms with Crippen LogP contribution in [0.15, 0.2) is 0 Å². The fourth-order valence-electron chi connectivity index (χ4n) is 0.585. The van der Waals surface area contributed by atoms with E-state index >= 15 is 0 Å². The normalized spacial score (nSPS) is 27.0. The van der Waals surface area contributed by atoms with Crippen molar-refractivity contribution in [1.82, 2.24) is 0 Å². The lowest BCUT2D eigenvalue weighted by molar-refractivity contribution is 0.824.